The minimum atomic E-state index is -1.50. The molecule has 0 fully saturated rings. The minimum Gasteiger partial charge on any atom is -0.381 e. The minimum absolute atomic E-state index is 0.286. The number of aliphatic hydroxyl groups excluding tert-OH is 1. The van der Waals surface area contributed by atoms with Crippen molar-refractivity contribution in [2.24, 2.45) is 0 Å². The van der Waals surface area contributed by atoms with E-state index in [-0.39, 0.29) is 6.54 Å². The van der Waals surface area contributed by atoms with Gasteiger partial charge in [-0.1, -0.05) is 42.5 Å². The van der Waals surface area contributed by atoms with E-state index in [2.05, 4.69) is 5.32 Å². The summed E-state index contributed by atoms with van der Waals surface area (Å²) in [4.78, 5) is 22.8. The summed E-state index contributed by atoms with van der Waals surface area (Å²) in [5.74, 6) is -1.39. The maximum absolute atomic E-state index is 11.9. The molecule has 2 amide bonds. The molecule has 0 saturated carbocycles. The fraction of sp³-hybridized carbons (Fsp3) is 0.125. The maximum Gasteiger partial charge on any atom is 0.273 e. The number of amides is 2. The molecule has 0 aliphatic carbocycles. The van der Waals surface area contributed by atoms with Gasteiger partial charge in [-0.15, -0.1) is 0 Å². The molecule has 2 aromatic rings. The first-order chi connectivity index (χ1) is 10.6. The zero-order chi connectivity index (χ0) is 15.9. The highest BCUT2D eigenvalue weighted by molar-refractivity contribution is 5.95. The number of carbonyl (C=O) groups excluding carboxylic acids is 2. The van der Waals surface area contributed by atoms with Gasteiger partial charge in [-0.2, -0.15) is 0 Å². The van der Waals surface area contributed by atoms with Gasteiger partial charge in [0.15, 0.2) is 6.10 Å². The van der Waals surface area contributed by atoms with E-state index in [1.807, 2.05) is 42.5 Å². The Hall–Kier alpha value is -2.70. The number of nitrogens with one attached hydrogen (secondary N) is 2. The number of carbonyl (C=O) groups is 2. The summed E-state index contributed by atoms with van der Waals surface area (Å²) in [7, 11) is 0. The van der Waals surface area contributed by atoms with Crippen molar-refractivity contribution in [1.29, 1.82) is 0 Å². The molecule has 4 N–H and O–H groups in total. The third-order valence-electron chi connectivity index (χ3n) is 3.12. The Morgan fingerprint density at radius 1 is 0.955 bits per heavy atom. The summed E-state index contributed by atoms with van der Waals surface area (Å²) >= 11 is 0. The normalized spacial score (nSPS) is 11.5. The topological polar surface area (TPSA) is 98.7 Å². The number of hydroxylamine groups is 1. The van der Waals surface area contributed by atoms with Crippen molar-refractivity contribution >= 4 is 11.8 Å². The quantitative estimate of drug-likeness (QED) is 0.488. The summed E-state index contributed by atoms with van der Waals surface area (Å²) in [5.41, 5.74) is 3.76. The Bertz CT molecular complexity index is 641. The second-order valence-electron chi connectivity index (χ2n) is 4.65. The summed E-state index contributed by atoms with van der Waals surface area (Å²) in [5, 5.41) is 20.1. The van der Waals surface area contributed by atoms with Crippen LogP contribution in [0.5, 0.6) is 0 Å². The molecule has 0 bridgehead atoms. The van der Waals surface area contributed by atoms with E-state index in [0.29, 0.717) is 5.56 Å². The van der Waals surface area contributed by atoms with E-state index in [4.69, 9.17) is 5.21 Å². The van der Waals surface area contributed by atoms with Gasteiger partial charge in [-0.25, -0.2) is 5.48 Å². The highest BCUT2D eigenvalue weighted by atomic mass is 16.5. The predicted octanol–water partition coefficient (Wildman–Crippen LogP) is 0.950. The van der Waals surface area contributed by atoms with Gasteiger partial charge in [-0.3, -0.25) is 14.8 Å². The SMILES string of the molecule is O=C(NCC(O)C(=O)NO)c1ccc(-c2ccccc2)cc1. The van der Waals surface area contributed by atoms with Crippen LogP contribution in [0.3, 0.4) is 0 Å². The molecule has 2 rings (SSSR count). The zero-order valence-corrected chi connectivity index (χ0v) is 11.7. The lowest BCUT2D eigenvalue weighted by Crippen LogP contribution is -2.41. The smallest absolute Gasteiger partial charge is 0.273 e. The van der Waals surface area contributed by atoms with Crippen molar-refractivity contribution in [2.45, 2.75) is 6.10 Å². The van der Waals surface area contributed by atoms with Crippen LogP contribution < -0.4 is 10.8 Å². The first kappa shape index (κ1) is 15.7. The standard InChI is InChI=1S/C16H16N2O4/c19-14(16(21)18-22)10-17-15(20)13-8-6-12(7-9-13)11-4-2-1-3-5-11/h1-9,14,19,22H,10H2,(H,17,20)(H,18,21). The lowest BCUT2D eigenvalue weighted by molar-refractivity contribution is -0.137. The molecule has 1 unspecified atom stereocenters. The first-order valence-electron chi connectivity index (χ1n) is 6.67. The highest BCUT2D eigenvalue weighted by Gasteiger charge is 2.15. The molecule has 0 aliphatic heterocycles. The van der Waals surface area contributed by atoms with Gasteiger partial charge in [0.05, 0.1) is 6.54 Å². The molecule has 6 nitrogen and oxygen atoms in total. The highest BCUT2D eigenvalue weighted by Crippen LogP contribution is 2.19. The molecule has 6 heteroatoms. The Kier molecular flexibility index (Phi) is 5.24. The fourth-order valence-electron chi connectivity index (χ4n) is 1.90. The first-order valence-corrected chi connectivity index (χ1v) is 6.67. The second-order valence-corrected chi connectivity index (χ2v) is 4.65. The number of rotatable bonds is 5. The number of benzene rings is 2. The van der Waals surface area contributed by atoms with E-state index < -0.39 is 17.9 Å². The van der Waals surface area contributed by atoms with Crippen LogP contribution in [0.4, 0.5) is 0 Å². The summed E-state index contributed by atoms with van der Waals surface area (Å²) in [6.07, 6.45) is -1.50. The lowest BCUT2D eigenvalue weighted by Gasteiger charge is -2.10. The Morgan fingerprint density at radius 3 is 2.14 bits per heavy atom. The molecular formula is C16H16N2O4. The van der Waals surface area contributed by atoms with Crippen molar-refractivity contribution in [3.05, 3.63) is 60.2 Å². The van der Waals surface area contributed by atoms with E-state index in [9.17, 15) is 14.7 Å². The van der Waals surface area contributed by atoms with E-state index in [1.165, 1.54) is 5.48 Å². The third-order valence-corrected chi connectivity index (χ3v) is 3.12. The van der Waals surface area contributed by atoms with Crippen molar-refractivity contribution < 1.29 is 19.9 Å². The molecule has 0 aromatic heterocycles. The number of hydrogen-bond acceptors (Lipinski definition) is 4. The molecule has 0 aliphatic rings. The van der Waals surface area contributed by atoms with Crippen LogP contribution in [0.25, 0.3) is 11.1 Å². The molecule has 22 heavy (non-hydrogen) atoms. The summed E-state index contributed by atoms with van der Waals surface area (Å²) in [6, 6.07) is 16.7. The molecule has 1 atom stereocenters. The third kappa shape index (κ3) is 3.91. The average molecular weight is 300 g/mol. The van der Waals surface area contributed by atoms with Crippen molar-refractivity contribution in [3.63, 3.8) is 0 Å². The molecule has 0 heterocycles. The van der Waals surface area contributed by atoms with Crippen molar-refractivity contribution in [2.75, 3.05) is 6.54 Å². The Balaban J connectivity index is 1.98. The van der Waals surface area contributed by atoms with E-state index in [1.54, 1.807) is 12.1 Å². The largest absolute Gasteiger partial charge is 0.381 e. The molecule has 2 aromatic carbocycles. The Morgan fingerprint density at radius 2 is 1.55 bits per heavy atom. The van der Waals surface area contributed by atoms with Crippen LogP contribution >= 0.6 is 0 Å². The number of hydrogen-bond donors (Lipinski definition) is 4. The molecular weight excluding hydrogens is 284 g/mol. The van der Waals surface area contributed by atoms with Gasteiger partial charge in [0.1, 0.15) is 0 Å². The van der Waals surface area contributed by atoms with Crippen LogP contribution in [0, 0.1) is 0 Å². The monoisotopic (exact) mass is 300 g/mol. The lowest BCUT2D eigenvalue weighted by atomic mass is 10.0. The Labute approximate surface area is 127 Å². The van der Waals surface area contributed by atoms with Crippen LogP contribution in [-0.2, 0) is 4.79 Å². The van der Waals surface area contributed by atoms with Crippen LogP contribution in [0.15, 0.2) is 54.6 Å². The van der Waals surface area contributed by atoms with Gasteiger partial charge in [-0.05, 0) is 23.3 Å². The predicted molar refractivity (Wildman–Crippen MR) is 80.1 cm³/mol. The van der Waals surface area contributed by atoms with Gasteiger partial charge in [0.2, 0.25) is 0 Å². The summed E-state index contributed by atoms with van der Waals surface area (Å²) in [6.45, 7) is -0.286. The average Bonchev–Trinajstić information content (AvgIpc) is 2.59. The fourth-order valence-corrected chi connectivity index (χ4v) is 1.90. The molecule has 0 radical (unpaired) electrons. The maximum atomic E-state index is 11.9. The molecule has 0 saturated heterocycles. The van der Waals surface area contributed by atoms with Gasteiger partial charge < -0.3 is 10.4 Å². The van der Waals surface area contributed by atoms with Crippen molar-refractivity contribution in [1.82, 2.24) is 10.8 Å². The van der Waals surface area contributed by atoms with Crippen molar-refractivity contribution in [3.8, 4) is 11.1 Å². The zero-order valence-electron chi connectivity index (χ0n) is 11.7. The van der Waals surface area contributed by atoms with Gasteiger partial charge in [0.25, 0.3) is 11.8 Å². The van der Waals surface area contributed by atoms with E-state index >= 15 is 0 Å². The molecule has 114 valence electrons. The number of aliphatic hydroxyl groups is 1. The van der Waals surface area contributed by atoms with E-state index in [0.717, 1.165) is 11.1 Å². The molecule has 0 spiro atoms. The summed E-state index contributed by atoms with van der Waals surface area (Å²) < 4.78 is 0. The van der Waals surface area contributed by atoms with Crippen LogP contribution in [0.1, 0.15) is 10.4 Å². The van der Waals surface area contributed by atoms with Crippen LogP contribution in [-0.4, -0.2) is 34.8 Å². The van der Waals surface area contributed by atoms with Gasteiger partial charge >= 0.3 is 0 Å². The second kappa shape index (κ2) is 7.35. The van der Waals surface area contributed by atoms with Crippen LogP contribution in [0.2, 0.25) is 0 Å². The van der Waals surface area contributed by atoms with Gasteiger partial charge in [0, 0.05) is 5.56 Å².